The highest BCUT2D eigenvalue weighted by Gasteiger charge is 2.19. The highest BCUT2D eigenvalue weighted by molar-refractivity contribution is 5.96. The summed E-state index contributed by atoms with van der Waals surface area (Å²) in [5.41, 5.74) is 1.68. The Kier molecular flexibility index (Phi) is 5.68. The van der Waals surface area contributed by atoms with Gasteiger partial charge in [0, 0.05) is 23.4 Å². The molecule has 1 heterocycles. The molecule has 0 saturated heterocycles. The summed E-state index contributed by atoms with van der Waals surface area (Å²) in [6.45, 7) is 3.22. The van der Waals surface area contributed by atoms with Gasteiger partial charge in [-0.15, -0.1) is 0 Å². The van der Waals surface area contributed by atoms with Crippen LogP contribution in [-0.4, -0.2) is 25.9 Å². The van der Waals surface area contributed by atoms with Gasteiger partial charge in [0.2, 0.25) is 5.91 Å². The van der Waals surface area contributed by atoms with Crippen LogP contribution in [0.5, 0.6) is 11.5 Å². The molecular formula is C22H21NO6. The van der Waals surface area contributed by atoms with Crippen molar-refractivity contribution in [2.24, 2.45) is 0 Å². The van der Waals surface area contributed by atoms with E-state index in [0.29, 0.717) is 39.3 Å². The summed E-state index contributed by atoms with van der Waals surface area (Å²) in [6, 6.07) is 9.83. The number of fused-ring (bicyclic) bond motifs is 1. The first-order valence-corrected chi connectivity index (χ1v) is 8.93. The maximum Gasteiger partial charge on any atom is 0.340 e. The third-order valence-electron chi connectivity index (χ3n) is 4.68. The highest BCUT2D eigenvalue weighted by atomic mass is 16.5. The molecule has 0 bridgehead atoms. The molecular weight excluding hydrogens is 374 g/mol. The summed E-state index contributed by atoms with van der Waals surface area (Å²) in [5, 5.41) is 3.34. The standard InChI is InChI=1S/C22H21NO6/c1-12-17(11-20(25)23-15-7-5-14(6-8-15)13(2)24)22(26)29-19-10-16(27-3)9-18(28-4)21(12)19/h5-10H,11H2,1-4H3,(H,23,25). The van der Waals surface area contributed by atoms with Gasteiger partial charge in [-0.3, -0.25) is 9.59 Å². The topological polar surface area (TPSA) is 94.8 Å². The van der Waals surface area contributed by atoms with Crippen molar-refractivity contribution in [3.8, 4) is 11.5 Å². The van der Waals surface area contributed by atoms with Gasteiger partial charge in [-0.25, -0.2) is 4.79 Å². The fourth-order valence-corrected chi connectivity index (χ4v) is 3.12. The first kappa shape index (κ1) is 20.1. The van der Waals surface area contributed by atoms with Crippen LogP contribution in [0.4, 0.5) is 5.69 Å². The number of methoxy groups -OCH3 is 2. The van der Waals surface area contributed by atoms with E-state index in [1.807, 2.05) is 0 Å². The zero-order valence-corrected chi connectivity index (χ0v) is 16.6. The Morgan fingerprint density at radius 1 is 1.07 bits per heavy atom. The molecule has 0 fully saturated rings. The van der Waals surface area contributed by atoms with Gasteiger partial charge in [0.15, 0.2) is 5.78 Å². The number of rotatable bonds is 6. The van der Waals surface area contributed by atoms with Crippen LogP contribution >= 0.6 is 0 Å². The van der Waals surface area contributed by atoms with Crippen LogP contribution in [0.15, 0.2) is 45.6 Å². The number of hydrogen-bond acceptors (Lipinski definition) is 6. The minimum atomic E-state index is -0.590. The molecule has 0 aliphatic carbocycles. The zero-order valence-electron chi connectivity index (χ0n) is 16.6. The maximum absolute atomic E-state index is 12.5. The number of hydrogen-bond donors (Lipinski definition) is 1. The lowest BCUT2D eigenvalue weighted by molar-refractivity contribution is -0.115. The van der Waals surface area contributed by atoms with E-state index in [0.717, 1.165) is 0 Å². The van der Waals surface area contributed by atoms with E-state index in [2.05, 4.69) is 5.32 Å². The van der Waals surface area contributed by atoms with E-state index in [1.165, 1.54) is 21.1 Å². The molecule has 1 aromatic heterocycles. The van der Waals surface area contributed by atoms with Crippen molar-refractivity contribution in [2.75, 3.05) is 19.5 Å². The molecule has 0 spiro atoms. The number of carbonyl (C=O) groups excluding carboxylic acids is 2. The monoisotopic (exact) mass is 395 g/mol. The minimum absolute atomic E-state index is 0.0575. The van der Waals surface area contributed by atoms with Crippen LogP contribution in [0.3, 0.4) is 0 Å². The lowest BCUT2D eigenvalue weighted by atomic mass is 10.0. The Hall–Kier alpha value is -3.61. The molecule has 0 aliphatic rings. The van der Waals surface area contributed by atoms with Gasteiger partial charge >= 0.3 is 5.63 Å². The summed E-state index contributed by atoms with van der Waals surface area (Å²) in [5.74, 6) is 0.555. The van der Waals surface area contributed by atoms with Gasteiger partial charge in [0.05, 0.1) is 31.6 Å². The molecule has 0 atom stereocenters. The predicted octanol–water partition coefficient (Wildman–Crippen LogP) is 3.50. The van der Waals surface area contributed by atoms with Crippen LogP contribution in [0.1, 0.15) is 28.4 Å². The number of ketones is 1. The molecule has 7 nitrogen and oxygen atoms in total. The molecule has 0 radical (unpaired) electrons. The van der Waals surface area contributed by atoms with E-state index in [-0.39, 0.29) is 23.7 Å². The Balaban J connectivity index is 1.92. The molecule has 2 aromatic carbocycles. The quantitative estimate of drug-likeness (QED) is 0.507. The second kappa shape index (κ2) is 8.18. The average molecular weight is 395 g/mol. The lowest BCUT2D eigenvalue weighted by Gasteiger charge is -2.13. The summed E-state index contributed by atoms with van der Waals surface area (Å²) < 4.78 is 16.0. The largest absolute Gasteiger partial charge is 0.496 e. The molecule has 3 aromatic rings. The second-order valence-electron chi connectivity index (χ2n) is 6.55. The molecule has 150 valence electrons. The number of ether oxygens (including phenoxy) is 2. The summed E-state index contributed by atoms with van der Waals surface area (Å²) in [4.78, 5) is 36.3. The highest BCUT2D eigenvalue weighted by Crippen LogP contribution is 2.33. The summed E-state index contributed by atoms with van der Waals surface area (Å²) in [7, 11) is 3.02. The molecule has 1 N–H and O–H groups in total. The van der Waals surface area contributed by atoms with Crippen LogP contribution in [0, 0.1) is 6.92 Å². The van der Waals surface area contributed by atoms with Gasteiger partial charge in [0.1, 0.15) is 17.1 Å². The Bertz CT molecular complexity index is 1140. The number of nitrogens with one attached hydrogen (secondary N) is 1. The number of Topliss-reactive ketones (excluding diaryl/α,β-unsaturated/α-hetero) is 1. The summed E-state index contributed by atoms with van der Waals surface area (Å²) >= 11 is 0. The van der Waals surface area contributed by atoms with Crippen molar-refractivity contribution in [3.05, 3.63) is 63.5 Å². The van der Waals surface area contributed by atoms with Crippen LogP contribution in [-0.2, 0) is 11.2 Å². The normalized spacial score (nSPS) is 10.6. The van der Waals surface area contributed by atoms with Gasteiger partial charge in [-0.1, -0.05) is 0 Å². The van der Waals surface area contributed by atoms with Crippen LogP contribution in [0.25, 0.3) is 11.0 Å². The van der Waals surface area contributed by atoms with Gasteiger partial charge in [0.25, 0.3) is 0 Å². The van der Waals surface area contributed by atoms with E-state index < -0.39 is 5.63 Å². The minimum Gasteiger partial charge on any atom is -0.496 e. The van der Waals surface area contributed by atoms with Crippen LogP contribution in [0.2, 0.25) is 0 Å². The van der Waals surface area contributed by atoms with E-state index >= 15 is 0 Å². The van der Waals surface area contributed by atoms with Gasteiger partial charge in [-0.2, -0.15) is 0 Å². The predicted molar refractivity (Wildman–Crippen MR) is 109 cm³/mol. The van der Waals surface area contributed by atoms with Gasteiger partial charge in [-0.05, 0) is 43.7 Å². The maximum atomic E-state index is 12.5. The number of benzene rings is 2. The molecule has 3 rings (SSSR count). The zero-order chi connectivity index (χ0) is 21.1. The number of anilines is 1. The van der Waals surface area contributed by atoms with E-state index in [9.17, 15) is 14.4 Å². The van der Waals surface area contributed by atoms with Crippen molar-refractivity contribution in [3.63, 3.8) is 0 Å². The van der Waals surface area contributed by atoms with Crippen LogP contribution < -0.4 is 20.4 Å². The van der Waals surface area contributed by atoms with Crippen molar-refractivity contribution in [2.45, 2.75) is 20.3 Å². The average Bonchev–Trinajstić information content (AvgIpc) is 2.70. The Morgan fingerprint density at radius 3 is 2.34 bits per heavy atom. The first-order valence-electron chi connectivity index (χ1n) is 8.93. The fraction of sp³-hybridized carbons (Fsp3) is 0.227. The van der Waals surface area contributed by atoms with E-state index in [1.54, 1.807) is 43.3 Å². The SMILES string of the molecule is COc1cc(OC)c2c(C)c(CC(=O)Nc3ccc(C(C)=O)cc3)c(=O)oc2c1. The van der Waals surface area contributed by atoms with Crippen molar-refractivity contribution in [1.29, 1.82) is 0 Å². The molecule has 1 amide bonds. The molecule has 29 heavy (non-hydrogen) atoms. The molecule has 7 heteroatoms. The van der Waals surface area contributed by atoms with E-state index in [4.69, 9.17) is 13.9 Å². The molecule has 0 unspecified atom stereocenters. The number of carbonyl (C=O) groups is 2. The number of aryl methyl sites for hydroxylation is 1. The first-order chi connectivity index (χ1) is 13.8. The fourth-order valence-electron chi connectivity index (χ4n) is 3.12. The molecule has 0 saturated carbocycles. The second-order valence-corrected chi connectivity index (χ2v) is 6.55. The number of amides is 1. The van der Waals surface area contributed by atoms with Gasteiger partial charge < -0.3 is 19.2 Å². The Morgan fingerprint density at radius 2 is 1.76 bits per heavy atom. The summed E-state index contributed by atoms with van der Waals surface area (Å²) in [6.07, 6.45) is -0.159. The smallest absolute Gasteiger partial charge is 0.340 e. The Labute approximate surface area is 167 Å². The molecule has 0 aliphatic heterocycles. The van der Waals surface area contributed by atoms with Crippen molar-refractivity contribution < 1.29 is 23.5 Å². The van der Waals surface area contributed by atoms with Crippen molar-refractivity contribution in [1.82, 2.24) is 0 Å². The lowest BCUT2D eigenvalue weighted by Crippen LogP contribution is -2.20. The third kappa shape index (κ3) is 4.13. The van der Waals surface area contributed by atoms with Crippen molar-refractivity contribution >= 4 is 28.3 Å². The third-order valence-corrected chi connectivity index (χ3v) is 4.68.